The van der Waals surface area contributed by atoms with Crippen molar-refractivity contribution in [3.05, 3.63) is 10.4 Å². The summed E-state index contributed by atoms with van der Waals surface area (Å²) in [5.74, 6) is -0.489. The van der Waals surface area contributed by atoms with Gasteiger partial charge in [-0.05, 0) is 47.1 Å². The lowest BCUT2D eigenvalue weighted by Crippen LogP contribution is -2.42. The third-order valence-corrected chi connectivity index (χ3v) is 1.92. The van der Waals surface area contributed by atoms with Crippen molar-refractivity contribution in [1.82, 2.24) is 5.32 Å². The number of hydrogen-bond acceptors (Lipinski definition) is 5. The van der Waals surface area contributed by atoms with Crippen LogP contribution in [0.4, 0.5) is 4.79 Å². The predicted molar refractivity (Wildman–Crippen MR) is 77.6 cm³/mol. The Balaban J connectivity index is 4.62. The van der Waals surface area contributed by atoms with Gasteiger partial charge in [-0.25, -0.2) is 4.79 Å². The summed E-state index contributed by atoms with van der Waals surface area (Å²) in [6.45, 7) is 10.3. The molecule has 0 bridgehead atoms. The van der Waals surface area contributed by atoms with E-state index in [2.05, 4.69) is 15.3 Å². The molecule has 0 fully saturated rings. The van der Waals surface area contributed by atoms with Crippen LogP contribution in [0.3, 0.4) is 0 Å². The third kappa shape index (κ3) is 11.6. The van der Waals surface area contributed by atoms with Gasteiger partial charge in [-0.2, -0.15) is 0 Å². The van der Waals surface area contributed by atoms with E-state index in [0.717, 1.165) is 0 Å². The molecule has 0 spiro atoms. The number of nitrogens with one attached hydrogen (secondary N) is 1. The first kappa shape index (κ1) is 19.1. The molecule has 0 aromatic heterocycles. The summed E-state index contributed by atoms with van der Waals surface area (Å²) in [5.41, 5.74) is 7.08. The van der Waals surface area contributed by atoms with E-state index >= 15 is 0 Å². The molecule has 0 heterocycles. The van der Waals surface area contributed by atoms with Gasteiger partial charge in [-0.1, -0.05) is 5.11 Å². The summed E-state index contributed by atoms with van der Waals surface area (Å²) < 4.78 is 10.3. The van der Waals surface area contributed by atoms with Gasteiger partial charge in [-0.3, -0.25) is 4.79 Å². The van der Waals surface area contributed by atoms with Crippen molar-refractivity contribution in [2.24, 2.45) is 5.11 Å². The van der Waals surface area contributed by atoms with Crippen LogP contribution in [-0.4, -0.2) is 35.9 Å². The van der Waals surface area contributed by atoms with Crippen LogP contribution in [0.2, 0.25) is 0 Å². The number of alkyl carbamates (subject to hydrolysis) is 1. The standard InChI is InChI=1S/C13H24N4O4/c1-12(2,3)20-10(18)7-9(8-15-17-14)16-11(19)21-13(4,5)6/h9H,7-8H2,1-6H3,(H,16,19)/t9-/m0/s1. The minimum Gasteiger partial charge on any atom is -0.460 e. The molecular weight excluding hydrogens is 276 g/mol. The molecule has 120 valence electrons. The number of amides is 1. The first-order chi connectivity index (χ1) is 9.43. The van der Waals surface area contributed by atoms with Gasteiger partial charge < -0.3 is 14.8 Å². The summed E-state index contributed by atoms with van der Waals surface area (Å²) in [4.78, 5) is 26.0. The highest BCUT2D eigenvalue weighted by Crippen LogP contribution is 2.11. The van der Waals surface area contributed by atoms with Gasteiger partial charge in [0.15, 0.2) is 0 Å². The first-order valence-corrected chi connectivity index (χ1v) is 6.65. The van der Waals surface area contributed by atoms with E-state index in [0.29, 0.717) is 0 Å². The number of carbonyl (C=O) groups is 2. The van der Waals surface area contributed by atoms with Crippen LogP contribution in [0.5, 0.6) is 0 Å². The fourth-order valence-corrected chi connectivity index (χ4v) is 1.35. The zero-order valence-corrected chi connectivity index (χ0v) is 13.5. The molecule has 21 heavy (non-hydrogen) atoms. The van der Waals surface area contributed by atoms with E-state index in [1.807, 2.05) is 0 Å². The number of carbonyl (C=O) groups excluding carboxylic acids is 2. The Morgan fingerprint density at radius 2 is 1.67 bits per heavy atom. The van der Waals surface area contributed by atoms with Gasteiger partial charge >= 0.3 is 12.1 Å². The minimum atomic E-state index is -0.677. The van der Waals surface area contributed by atoms with Crippen LogP contribution in [0.25, 0.3) is 10.4 Å². The molecule has 8 heteroatoms. The number of rotatable bonds is 5. The Hall–Kier alpha value is -1.95. The van der Waals surface area contributed by atoms with Crippen LogP contribution in [0.15, 0.2) is 5.11 Å². The summed E-state index contributed by atoms with van der Waals surface area (Å²) in [6.07, 6.45) is -0.778. The molecule has 0 aliphatic heterocycles. The molecule has 0 aliphatic carbocycles. The molecule has 0 rings (SSSR count). The van der Waals surface area contributed by atoms with Crippen molar-refractivity contribution >= 4 is 12.1 Å². The number of azide groups is 1. The Bertz CT molecular complexity index is 387. The largest absolute Gasteiger partial charge is 0.460 e. The maximum absolute atomic E-state index is 11.7. The number of esters is 1. The van der Waals surface area contributed by atoms with Gasteiger partial charge in [0.1, 0.15) is 11.2 Å². The van der Waals surface area contributed by atoms with Crippen LogP contribution < -0.4 is 5.32 Å². The van der Waals surface area contributed by atoms with E-state index < -0.39 is 29.3 Å². The Kier molecular flexibility index (Phi) is 7.01. The molecule has 0 saturated heterocycles. The summed E-state index contributed by atoms with van der Waals surface area (Å²) in [5, 5.41) is 5.87. The highest BCUT2D eigenvalue weighted by atomic mass is 16.6. The second kappa shape index (κ2) is 7.73. The molecule has 8 nitrogen and oxygen atoms in total. The average molecular weight is 300 g/mol. The van der Waals surface area contributed by atoms with E-state index in [9.17, 15) is 9.59 Å². The second-order valence-corrected chi connectivity index (χ2v) is 6.55. The van der Waals surface area contributed by atoms with Crippen LogP contribution >= 0.6 is 0 Å². The fraction of sp³-hybridized carbons (Fsp3) is 0.846. The van der Waals surface area contributed by atoms with Crippen LogP contribution in [-0.2, 0) is 14.3 Å². The molecule has 0 aromatic carbocycles. The molecule has 0 unspecified atom stereocenters. The molecule has 0 radical (unpaired) electrons. The van der Waals surface area contributed by atoms with Crippen LogP contribution in [0, 0.1) is 0 Å². The van der Waals surface area contributed by atoms with E-state index in [1.54, 1.807) is 41.5 Å². The van der Waals surface area contributed by atoms with Crippen molar-refractivity contribution in [2.75, 3.05) is 6.54 Å². The maximum atomic E-state index is 11.7. The number of nitrogens with zero attached hydrogens (tertiary/aromatic N) is 3. The Labute approximate surface area is 124 Å². The average Bonchev–Trinajstić information content (AvgIpc) is 2.20. The number of hydrogen-bond donors (Lipinski definition) is 1. The normalized spacial score (nSPS) is 12.9. The second-order valence-electron chi connectivity index (χ2n) is 6.55. The van der Waals surface area contributed by atoms with Crippen molar-refractivity contribution < 1.29 is 19.1 Å². The smallest absolute Gasteiger partial charge is 0.407 e. The maximum Gasteiger partial charge on any atom is 0.407 e. The highest BCUT2D eigenvalue weighted by molar-refractivity contribution is 5.73. The zero-order valence-electron chi connectivity index (χ0n) is 13.5. The minimum absolute atomic E-state index is 0.0605. The van der Waals surface area contributed by atoms with Gasteiger partial charge in [0.05, 0.1) is 6.42 Å². The molecule has 0 aliphatic rings. The topological polar surface area (TPSA) is 113 Å². The van der Waals surface area contributed by atoms with Crippen molar-refractivity contribution in [3.63, 3.8) is 0 Å². The summed E-state index contributed by atoms with van der Waals surface area (Å²) >= 11 is 0. The van der Waals surface area contributed by atoms with Crippen molar-refractivity contribution in [2.45, 2.75) is 65.2 Å². The highest BCUT2D eigenvalue weighted by Gasteiger charge is 2.23. The molecular formula is C13H24N4O4. The van der Waals surface area contributed by atoms with Gasteiger partial charge in [0.2, 0.25) is 0 Å². The summed E-state index contributed by atoms with van der Waals surface area (Å²) in [6, 6.07) is -0.675. The van der Waals surface area contributed by atoms with E-state index in [1.165, 1.54) is 0 Å². The van der Waals surface area contributed by atoms with Gasteiger partial charge in [0, 0.05) is 17.5 Å². The lowest BCUT2D eigenvalue weighted by molar-refractivity contribution is -0.155. The van der Waals surface area contributed by atoms with E-state index in [-0.39, 0.29) is 13.0 Å². The predicted octanol–water partition coefficient (Wildman–Crippen LogP) is 2.92. The fourth-order valence-electron chi connectivity index (χ4n) is 1.35. The number of ether oxygens (including phenoxy) is 2. The molecule has 1 atom stereocenters. The van der Waals surface area contributed by atoms with Crippen LogP contribution in [0.1, 0.15) is 48.0 Å². The lowest BCUT2D eigenvalue weighted by Gasteiger charge is -2.24. The Morgan fingerprint density at radius 3 is 2.10 bits per heavy atom. The third-order valence-electron chi connectivity index (χ3n) is 1.92. The molecule has 1 amide bonds. The monoisotopic (exact) mass is 300 g/mol. The molecule has 1 N–H and O–H groups in total. The van der Waals surface area contributed by atoms with Crippen molar-refractivity contribution in [3.8, 4) is 0 Å². The zero-order chi connectivity index (χ0) is 16.7. The molecule has 0 saturated carbocycles. The van der Waals surface area contributed by atoms with Gasteiger partial charge in [-0.15, -0.1) is 0 Å². The SMILES string of the molecule is CC(C)(C)OC(=O)C[C@@H](CN=[N+]=[N-])NC(=O)OC(C)(C)C. The van der Waals surface area contributed by atoms with Crippen molar-refractivity contribution in [1.29, 1.82) is 0 Å². The lowest BCUT2D eigenvalue weighted by atomic mass is 10.1. The Morgan fingerprint density at radius 1 is 1.14 bits per heavy atom. The van der Waals surface area contributed by atoms with E-state index in [4.69, 9.17) is 15.0 Å². The molecule has 0 aromatic rings. The first-order valence-electron chi connectivity index (χ1n) is 6.65. The van der Waals surface area contributed by atoms with Gasteiger partial charge in [0.25, 0.3) is 0 Å². The quantitative estimate of drug-likeness (QED) is 0.364. The summed E-state index contributed by atoms with van der Waals surface area (Å²) in [7, 11) is 0.